The second kappa shape index (κ2) is 13.8. The molecule has 2 aliphatic rings. The monoisotopic (exact) mass is 707 g/mol. The van der Waals surface area contributed by atoms with Crippen molar-refractivity contribution in [1.29, 1.82) is 0 Å². The van der Waals surface area contributed by atoms with E-state index in [1.165, 1.54) is 7.05 Å². The summed E-state index contributed by atoms with van der Waals surface area (Å²) in [4.78, 5) is 20.7. The third-order valence-electron chi connectivity index (χ3n) is 9.81. The van der Waals surface area contributed by atoms with Crippen LogP contribution in [0.3, 0.4) is 0 Å². The number of benzene rings is 2. The van der Waals surface area contributed by atoms with Crippen LogP contribution in [0.1, 0.15) is 44.7 Å². The lowest BCUT2D eigenvalue weighted by atomic mass is 9.68. The van der Waals surface area contributed by atoms with Crippen molar-refractivity contribution in [2.75, 3.05) is 34.9 Å². The number of fused-ring (bicyclic) bond motifs is 3. The summed E-state index contributed by atoms with van der Waals surface area (Å²) in [7, 11) is -0.795. The molecule has 1 aliphatic heterocycles. The van der Waals surface area contributed by atoms with Crippen molar-refractivity contribution in [3.63, 3.8) is 0 Å². The number of nitro groups is 2. The van der Waals surface area contributed by atoms with Crippen molar-refractivity contribution >= 4 is 29.7 Å². The highest BCUT2D eigenvalue weighted by atomic mass is 32.2. The van der Waals surface area contributed by atoms with Gasteiger partial charge in [-0.05, 0) is 48.7 Å². The summed E-state index contributed by atoms with van der Waals surface area (Å²) in [6, 6.07) is 6.24. The molecule has 1 aliphatic carbocycles. The van der Waals surface area contributed by atoms with E-state index in [0.29, 0.717) is 30.4 Å². The van der Waals surface area contributed by atoms with Crippen molar-refractivity contribution in [2.24, 2.45) is 0 Å². The summed E-state index contributed by atoms with van der Waals surface area (Å²) in [6.07, 6.45) is 3.72. The molecule has 14 nitrogen and oxygen atoms in total. The van der Waals surface area contributed by atoms with Crippen LogP contribution in [0.15, 0.2) is 47.4 Å². The first-order chi connectivity index (χ1) is 22.3. The highest BCUT2D eigenvalue weighted by molar-refractivity contribution is 7.89. The first-order valence-electron chi connectivity index (χ1n) is 15.5. The van der Waals surface area contributed by atoms with E-state index in [1.807, 2.05) is 24.3 Å². The summed E-state index contributed by atoms with van der Waals surface area (Å²) in [6.45, 7) is 10.7. The topological polar surface area (TPSA) is 170 Å². The van der Waals surface area contributed by atoms with Crippen molar-refractivity contribution < 1.29 is 41.6 Å². The maximum atomic E-state index is 13.8. The van der Waals surface area contributed by atoms with E-state index in [9.17, 15) is 28.6 Å². The average molecular weight is 708 g/mol. The van der Waals surface area contributed by atoms with Crippen LogP contribution in [0.4, 0.5) is 11.4 Å². The number of nitrogens with zero attached hydrogens (tertiary/aromatic N) is 3. The molecule has 48 heavy (non-hydrogen) atoms. The number of sulfonamides is 1. The van der Waals surface area contributed by atoms with Crippen LogP contribution in [-0.4, -0.2) is 84.3 Å². The van der Waals surface area contributed by atoms with Crippen LogP contribution in [0, 0.1) is 20.2 Å². The molecule has 1 heterocycles. The molecule has 0 saturated carbocycles. The van der Waals surface area contributed by atoms with Crippen LogP contribution < -0.4 is 9.47 Å². The third kappa shape index (κ3) is 6.86. The van der Waals surface area contributed by atoms with Crippen LogP contribution in [0.5, 0.6) is 11.5 Å². The molecule has 264 valence electrons. The zero-order valence-corrected chi connectivity index (χ0v) is 30.7. The fourth-order valence-corrected chi connectivity index (χ4v) is 8.76. The average Bonchev–Trinajstić information content (AvgIpc) is 3.38. The minimum atomic E-state index is -4.46. The summed E-state index contributed by atoms with van der Waals surface area (Å²) in [5.41, 5.74) is -0.702. The molecule has 0 bridgehead atoms. The molecule has 0 radical (unpaired) electrons. The molecule has 16 heteroatoms. The van der Waals surface area contributed by atoms with Crippen LogP contribution in [-0.2, 0) is 35.8 Å². The van der Waals surface area contributed by atoms with E-state index >= 15 is 0 Å². The van der Waals surface area contributed by atoms with Gasteiger partial charge in [0.2, 0.25) is 10.0 Å². The van der Waals surface area contributed by atoms with Gasteiger partial charge in [-0.3, -0.25) is 20.2 Å². The Hall–Kier alpha value is -3.41. The molecular weight excluding hydrogens is 663 g/mol. The second-order valence-corrected chi connectivity index (χ2v) is 20.4. The van der Waals surface area contributed by atoms with Gasteiger partial charge in [-0.25, -0.2) is 12.7 Å². The molecule has 0 unspecified atom stereocenters. The van der Waals surface area contributed by atoms with Gasteiger partial charge in [-0.1, -0.05) is 39.0 Å². The smallest absolute Gasteiger partial charge is 0.296 e. The van der Waals surface area contributed by atoms with Crippen molar-refractivity contribution in [3.8, 4) is 11.5 Å². The number of hydrogen-bond donors (Lipinski definition) is 0. The SMILES string of the molecule is COc1ccc(CC(OC)OC)c2c1O[C@H]1[C@H](O[Si](C)(C)C(C)(C)C)CC=C[C@@]21CCN(C)S(=O)(=O)c1ccc([N+](=O)[O-])cc1[N+](=O)[O-]. The van der Waals surface area contributed by atoms with Gasteiger partial charge in [0.15, 0.2) is 31.0 Å². The van der Waals surface area contributed by atoms with Crippen LogP contribution >= 0.6 is 0 Å². The number of hydrogen-bond acceptors (Lipinski definition) is 11. The van der Waals surface area contributed by atoms with Gasteiger partial charge in [0.05, 0.1) is 34.5 Å². The van der Waals surface area contributed by atoms with E-state index in [0.717, 1.165) is 27.6 Å². The molecule has 0 spiro atoms. The quantitative estimate of drug-likeness (QED) is 0.0772. The van der Waals surface area contributed by atoms with Crippen molar-refractivity contribution in [2.45, 2.75) is 87.0 Å². The molecule has 2 aromatic rings. The van der Waals surface area contributed by atoms with E-state index in [2.05, 4.69) is 33.9 Å². The Morgan fingerprint density at radius 2 is 1.75 bits per heavy atom. The third-order valence-corrected chi connectivity index (χ3v) is 16.2. The lowest BCUT2D eigenvalue weighted by Gasteiger charge is -2.45. The normalized spacial score (nSPS) is 20.8. The van der Waals surface area contributed by atoms with E-state index in [1.54, 1.807) is 21.3 Å². The summed E-state index contributed by atoms with van der Waals surface area (Å²) < 4.78 is 59.3. The number of ether oxygens (including phenoxy) is 4. The molecule has 3 atom stereocenters. The first kappa shape index (κ1) is 37.4. The number of nitro benzene ring substituents is 2. The molecule has 0 saturated heterocycles. The number of non-ortho nitro benzene ring substituents is 1. The first-order valence-corrected chi connectivity index (χ1v) is 19.9. The molecule has 0 fully saturated rings. The number of rotatable bonds is 14. The van der Waals surface area contributed by atoms with Gasteiger partial charge in [0.25, 0.3) is 11.4 Å². The van der Waals surface area contributed by atoms with E-state index in [4.69, 9.17) is 23.4 Å². The zero-order chi connectivity index (χ0) is 35.8. The van der Waals surface area contributed by atoms with Gasteiger partial charge >= 0.3 is 0 Å². The molecular formula is C32H45N3O11SSi. The zero-order valence-electron chi connectivity index (χ0n) is 28.8. The van der Waals surface area contributed by atoms with Crippen molar-refractivity contribution in [3.05, 3.63) is 73.8 Å². The second-order valence-electron chi connectivity index (χ2n) is 13.6. The Labute approximate surface area is 282 Å². The Kier molecular flexibility index (Phi) is 10.8. The van der Waals surface area contributed by atoms with Gasteiger partial charge in [-0.2, -0.15) is 0 Å². The maximum Gasteiger partial charge on any atom is 0.296 e. The highest BCUT2D eigenvalue weighted by Gasteiger charge is 2.56. The summed E-state index contributed by atoms with van der Waals surface area (Å²) in [5.74, 6) is 1.04. The minimum Gasteiger partial charge on any atom is -0.493 e. The number of methoxy groups -OCH3 is 3. The molecule has 2 aromatic carbocycles. The predicted octanol–water partition coefficient (Wildman–Crippen LogP) is 5.73. The lowest BCUT2D eigenvalue weighted by Crippen LogP contribution is -2.54. The molecule has 0 amide bonds. The van der Waals surface area contributed by atoms with E-state index < -0.39 is 62.3 Å². The minimum absolute atomic E-state index is 0.0818. The maximum absolute atomic E-state index is 13.8. The summed E-state index contributed by atoms with van der Waals surface area (Å²) >= 11 is 0. The fraction of sp³-hybridized carbons (Fsp3) is 0.562. The molecule has 4 rings (SSSR count). The highest BCUT2D eigenvalue weighted by Crippen LogP contribution is 2.56. The van der Waals surface area contributed by atoms with Gasteiger partial charge in [0, 0.05) is 45.9 Å². The molecule has 0 N–H and O–H groups in total. The van der Waals surface area contributed by atoms with Gasteiger partial charge in [0.1, 0.15) is 6.10 Å². The Balaban J connectivity index is 1.83. The lowest BCUT2D eigenvalue weighted by molar-refractivity contribution is -0.396. The van der Waals surface area contributed by atoms with E-state index in [-0.39, 0.29) is 24.1 Å². The van der Waals surface area contributed by atoms with Crippen LogP contribution in [0.25, 0.3) is 0 Å². The van der Waals surface area contributed by atoms with Gasteiger partial charge < -0.3 is 23.4 Å². The standard InChI is InChI=1S/C32H45N3O11SSi/c1-31(2,3)48(8,9)46-25-11-10-16-32(28-21(19-27(43-6)44-7)12-14-24(42-5)29(28)45-30(25)32)17-18-33(4)47(40,41)26-15-13-22(34(36)37)20-23(26)35(38)39/h10,12-16,20,25,27,30H,11,17-19H2,1-9H3/t25-,30+,32-/m1/s1. The van der Waals surface area contributed by atoms with Crippen molar-refractivity contribution in [1.82, 2.24) is 4.31 Å². The fourth-order valence-electron chi connectivity index (χ4n) is 6.13. The predicted molar refractivity (Wildman–Crippen MR) is 181 cm³/mol. The summed E-state index contributed by atoms with van der Waals surface area (Å²) in [5, 5.41) is 23.0. The Morgan fingerprint density at radius 3 is 2.31 bits per heavy atom. The molecule has 0 aromatic heterocycles. The Bertz CT molecular complexity index is 1690. The Morgan fingerprint density at radius 1 is 1.08 bits per heavy atom. The van der Waals surface area contributed by atoms with Crippen LogP contribution in [0.2, 0.25) is 18.1 Å². The largest absolute Gasteiger partial charge is 0.493 e. The van der Waals surface area contributed by atoms with Gasteiger partial charge in [-0.15, -0.1) is 0 Å².